The van der Waals surface area contributed by atoms with E-state index in [1.807, 2.05) is 6.07 Å². The maximum Gasteiger partial charge on any atom is 0.490 e. The third-order valence-electron chi connectivity index (χ3n) is 4.22. The number of hydrogen-bond acceptors (Lipinski definition) is 8. The SMILES string of the molecule is C[C@H](Nc1ncc(F)c(Nc2cc(C3CC3)[nH]n2)n1)c1ncc(F)cn1.O=C(O)C(F)(F)F. The molecule has 1 fully saturated rings. The number of nitrogens with one attached hydrogen (secondary N) is 3. The Morgan fingerprint density at radius 2 is 1.82 bits per heavy atom. The summed E-state index contributed by atoms with van der Waals surface area (Å²) in [5.74, 6) is -2.31. The zero-order valence-electron chi connectivity index (χ0n) is 16.9. The third-order valence-corrected chi connectivity index (χ3v) is 4.22. The molecule has 15 heteroatoms. The number of nitrogens with zero attached hydrogens (tertiary/aromatic N) is 5. The van der Waals surface area contributed by atoms with Crippen LogP contribution in [0.2, 0.25) is 0 Å². The molecular formula is C18H17F5N8O2. The lowest BCUT2D eigenvalue weighted by Gasteiger charge is -2.13. The zero-order valence-corrected chi connectivity index (χ0v) is 16.9. The van der Waals surface area contributed by atoms with Gasteiger partial charge in [-0.1, -0.05) is 0 Å². The van der Waals surface area contributed by atoms with Crippen LogP contribution in [-0.4, -0.2) is 47.4 Å². The molecule has 4 N–H and O–H groups in total. The van der Waals surface area contributed by atoms with Gasteiger partial charge in [0.05, 0.1) is 24.6 Å². The first kappa shape index (κ1) is 23.7. The maximum atomic E-state index is 14.0. The van der Waals surface area contributed by atoms with Crippen molar-refractivity contribution in [2.45, 2.75) is 37.9 Å². The Morgan fingerprint density at radius 1 is 1.18 bits per heavy atom. The van der Waals surface area contributed by atoms with Crippen LogP contribution in [0.3, 0.4) is 0 Å². The molecule has 33 heavy (non-hydrogen) atoms. The molecule has 0 aliphatic heterocycles. The quantitative estimate of drug-likeness (QED) is 0.395. The molecule has 1 saturated carbocycles. The van der Waals surface area contributed by atoms with Gasteiger partial charge in [0.15, 0.2) is 23.3 Å². The fourth-order valence-electron chi connectivity index (χ4n) is 2.45. The van der Waals surface area contributed by atoms with Gasteiger partial charge in [-0.2, -0.15) is 23.3 Å². The van der Waals surface area contributed by atoms with Crippen LogP contribution in [0.4, 0.5) is 39.5 Å². The Hall–Kier alpha value is -3.91. The Balaban J connectivity index is 0.000000383. The van der Waals surface area contributed by atoms with E-state index >= 15 is 0 Å². The van der Waals surface area contributed by atoms with Gasteiger partial charge in [-0.15, -0.1) is 0 Å². The molecule has 1 aliphatic rings. The summed E-state index contributed by atoms with van der Waals surface area (Å²) in [6, 6.07) is 1.46. The average Bonchev–Trinajstić information content (AvgIpc) is 3.50. The van der Waals surface area contributed by atoms with E-state index in [1.165, 1.54) is 0 Å². The van der Waals surface area contributed by atoms with Crippen LogP contribution >= 0.6 is 0 Å². The number of H-pyrrole nitrogens is 1. The van der Waals surface area contributed by atoms with E-state index in [0.717, 1.165) is 37.1 Å². The fourth-order valence-corrected chi connectivity index (χ4v) is 2.45. The predicted octanol–water partition coefficient (Wildman–Crippen LogP) is 3.70. The summed E-state index contributed by atoms with van der Waals surface area (Å²) in [6.07, 6.45) is 0.411. The Kier molecular flexibility index (Phi) is 6.98. The van der Waals surface area contributed by atoms with Crippen LogP contribution in [0, 0.1) is 11.6 Å². The van der Waals surface area contributed by atoms with Crippen molar-refractivity contribution >= 4 is 23.6 Å². The summed E-state index contributed by atoms with van der Waals surface area (Å²) in [5, 5.41) is 20.0. The highest BCUT2D eigenvalue weighted by atomic mass is 19.4. The minimum Gasteiger partial charge on any atom is -0.475 e. The lowest BCUT2D eigenvalue weighted by molar-refractivity contribution is -0.192. The standard InChI is InChI=1S/C16H16F2N8.C2HF3O2/c1-8(14-19-5-10(17)6-20-14)22-16-21-7-11(18)15(24-16)23-13-4-12(25-26-13)9-2-3-9;3-2(4,5)1(6)7/h4-9H,2-3H2,1H3,(H3,21,22,23,24,25,26);(H,6,7)/t8-;/m0./s1. The van der Waals surface area contributed by atoms with Crippen molar-refractivity contribution in [1.29, 1.82) is 0 Å². The molecule has 1 atom stereocenters. The summed E-state index contributed by atoms with van der Waals surface area (Å²) < 4.78 is 58.7. The van der Waals surface area contributed by atoms with Crippen LogP contribution in [0.25, 0.3) is 0 Å². The first-order valence-corrected chi connectivity index (χ1v) is 9.42. The maximum absolute atomic E-state index is 14.0. The van der Waals surface area contributed by atoms with Gasteiger partial charge in [-0.3, -0.25) is 5.10 Å². The molecule has 176 valence electrons. The summed E-state index contributed by atoms with van der Waals surface area (Å²) >= 11 is 0. The number of aromatic amines is 1. The van der Waals surface area contributed by atoms with Gasteiger partial charge in [-0.05, 0) is 19.8 Å². The minimum absolute atomic E-state index is 0.00331. The molecular weight excluding hydrogens is 455 g/mol. The monoisotopic (exact) mass is 472 g/mol. The molecule has 0 bridgehead atoms. The van der Waals surface area contributed by atoms with E-state index in [9.17, 15) is 22.0 Å². The highest BCUT2D eigenvalue weighted by Crippen LogP contribution is 2.39. The normalized spacial score (nSPS) is 14.1. The number of carboxylic acid groups (broad SMARTS) is 1. The highest BCUT2D eigenvalue weighted by Gasteiger charge is 2.38. The number of carbonyl (C=O) groups is 1. The molecule has 0 aromatic carbocycles. The summed E-state index contributed by atoms with van der Waals surface area (Å²) in [6.45, 7) is 1.77. The largest absolute Gasteiger partial charge is 0.490 e. The van der Waals surface area contributed by atoms with Crippen molar-refractivity contribution < 1.29 is 31.9 Å². The second kappa shape index (κ2) is 9.70. The van der Waals surface area contributed by atoms with Crippen LogP contribution in [0.1, 0.15) is 43.2 Å². The highest BCUT2D eigenvalue weighted by molar-refractivity contribution is 5.73. The van der Waals surface area contributed by atoms with E-state index in [1.54, 1.807) is 6.92 Å². The van der Waals surface area contributed by atoms with Crippen LogP contribution in [0.5, 0.6) is 0 Å². The molecule has 3 heterocycles. The molecule has 3 aromatic rings. The van der Waals surface area contributed by atoms with Crippen LogP contribution < -0.4 is 10.6 Å². The lowest BCUT2D eigenvalue weighted by atomic mass is 10.3. The molecule has 1 aliphatic carbocycles. The first-order chi connectivity index (χ1) is 15.5. The number of halogens is 5. The number of anilines is 3. The molecule has 0 spiro atoms. The van der Waals surface area contributed by atoms with Gasteiger partial charge in [0.1, 0.15) is 5.82 Å². The van der Waals surface area contributed by atoms with Crippen molar-refractivity contribution in [2.24, 2.45) is 0 Å². The van der Waals surface area contributed by atoms with E-state index in [0.29, 0.717) is 17.6 Å². The second-order valence-electron chi connectivity index (χ2n) is 6.93. The van der Waals surface area contributed by atoms with Gasteiger partial charge >= 0.3 is 12.1 Å². The second-order valence-corrected chi connectivity index (χ2v) is 6.93. The fraction of sp³-hybridized carbons (Fsp3) is 0.333. The summed E-state index contributed by atoms with van der Waals surface area (Å²) in [5.41, 5.74) is 1.03. The molecule has 0 amide bonds. The smallest absolute Gasteiger partial charge is 0.475 e. The van der Waals surface area contributed by atoms with Crippen LogP contribution in [-0.2, 0) is 4.79 Å². The topological polar surface area (TPSA) is 142 Å². The van der Waals surface area contributed by atoms with Crippen molar-refractivity contribution in [3.05, 3.63) is 47.8 Å². The third kappa shape index (κ3) is 6.78. The first-order valence-electron chi connectivity index (χ1n) is 9.42. The van der Waals surface area contributed by atoms with Gasteiger partial charge in [0, 0.05) is 17.7 Å². The van der Waals surface area contributed by atoms with Crippen LogP contribution in [0.15, 0.2) is 24.7 Å². The number of aliphatic carboxylic acids is 1. The van der Waals surface area contributed by atoms with Crippen molar-refractivity contribution in [3.63, 3.8) is 0 Å². The minimum atomic E-state index is -5.08. The zero-order chi connectivity index (χ0) is 24.2. The molecule has 0 saturated heterocycles. The summed E-state index contributed by atoms with van der Waals surface area (Å²) in [4.78, 5) is 24.7. The number of rotatable bonds is 6. The van der Waals surface area contributed by atoms with E-state index < -0.39 is 23.8 Å². The number of carboxylic acids is 1. The molecule has 10 nitrogen and oxygen atoms in total. The molecule has 0 radical (unpaired) electrons. The van der Waals surface area contributed by atoms with Gasteiger partial charge in [0.25, 0.3) is 0 Å². The Bertz CT molecular complexity index is 1100. The molecule has 0 unspecified atom stereocenters. The van der Waals surface area contributed by atoms with Crippen molar-refractivity contribution in [3.8, 4) is 0 Å². The summed E-state index contributed by atoms with van der Waals surface area (Å²) in [7, 11) is 0. The van der Waals surface area contributed by atoms with Gasteiger partial charge in [-0.25, -0.2) is 28.5 Å². The number of hydrogen-bond donors (Lipinski definition) is 4. The predicted molar refractivity (Wildman–Crippen MR) is 104 cm³/mol. The van der Waals surface area contributed by atoms with E-state index in [2.05, 4.69) is 40.8 Å². The van der Waals surface area contributed by atoms with Crippen molar-refractivity contribution in [1.82, 2.24) is 30.1 Å². The Morgan fingerprint density at radius 3 is 2.39 bits per heavy atom. The number of alkyl halides is 3. The lowest BCUT2D eigenvalue weighted by Crippen LogP contribution is -2.21. The van der Waals surface area contributed by atoms with E-state index in [-0.39, 0.29) is 17.8 Å². The van der Waals surface area contributed by atoms with Crippen molar-refractivity contribution in [2.75, 3.05) is 10.6 Å². The Labute approximate surface area is 182 Å². The molecule has 4 rings (SSSR count). The average molecular weight is 472 g/mol. The number of aromatic nitrogens is 6. The van der Waals surface area contributed by atoms with Gasteiger partial charge in [0.2, 0.25) is 5.95 Å². The van der Waals surface area contributed by atoms with E-state index in [4.69, 9.17) is 9.90 Å². The van der Waals surface area contributed by atoms with Gasteiger partial charge < -0.3 is 15.7 Å². The molecule has 3 aromatic heterocycles.